The van der Waals surface area contributed by atoms with Crippen molar-refractivity contribution < 1.29 is 4.43 Å². The van der Waals surface area contributed by atoms with E-state index < -0.39 is 8.32 Å². The molecule has 3 aromatic rings. The normalized spacial score (nSPS) is 12.0. The number of benzene rings is 1. The lowest BCUT2D eigenvalue weighted by molar-refractivity contribution is 0.296. The van der Waals surface area contributed by atoms with Gasteiger partial charge in [-0.25, -0.2) is 4.98 Å². The molecule has 0 fully saturated rings. The first-order chi connectivity index (χ1) is 12.8. The van der Waals surface area contributed by atoms with Gasteiger partial charge in [0.05, 0.1) is 11.2 Å². The van der Waals surface area contributed by atoms with E-state index in [2.05, 4.69) is 85.2 Å². The highest BCUT2D eigenvalue weighted by Gasteiger charge is 2.36. The summed E-state index contributed by atoms with van der Waals surface area (Å²) in [5, 5.41) is 8.40. The summed E-state index contributed by atoms with van der Waals surface area (Å²) >= 11 is 0. The lowest BCUT2D eigenvalue weighted by Crippen LogP contribution is -2.40. The molecule has 4 nitrogen and oxygen atoms in total. The van der Waals surface area contributed by atoms with Gasteiger partial charge in [0.25, 0.3) is 0 Å². The van der Waals surface area contributed by atoms with Crippen LogP contribution in [0.5, 0.6) is 0 Å². The largest absolute Gasteiger partial charge is 0.416 e. The molecule has 2 aromatic heterocycles. The van der Waals surface area contributed by atoms with Crippen LogP contribution < -0.4 is 0 Å². The molecule has 2 heterocycles. The Labute approximate surface area is 162 Å². The first kappa shape index (κ1) is 19.3. The van der Waals surface area contributed by atoms with E-state index in [1.807, 2.05) is 18.3 Å². The van der Waals surface area contributed by atoms with Crippen molar-refractivity contribution in [3.8, 4) is 23.1 Å². The van der Waals surface area contributed by atoms with E-state index in [9.17, 15) is 0 Å². The summed E-state index contributed by atoms with van der Waals surface area (Å²) in [5.41, 5.74) is 3.68. The summed E-state index contributed by atoms with van der Waals surface area (Å²) in [5.74, 6) is 6.37. The van der Waals surface area contributed by atoms with Crippen LogP contribution in [-0.2, 0) is 4.43 Å². The molecule has 0 spiro atoms. The standard InChI is InChI=1S/C22H27N3OSi/c1-22(2,3)27(4,5)26-15-7-6-8-19-12-11-17-9-10-18(16-21(17)24-19)20-13-14-23-25-20/h9-14,16H,7,15H2,1-5H3,(H,23,25). The molecule has 3 rings (SSSR count). The van der Waals surface area contributed by atoms with Gasteiger partial charge >= 0.3 is 0 Å². The fourth-order valence-corrected chi connectivity index (χ4v) is 3.54. The third-order valence-electron chi connectivity index (χ3n) is 5.20. The lowest BCUT2D eigenvalue weighted by Gasteiger charge is -2.35. The number of nitrogens with one attached hydrogen (secondary N) is 1. The number of pyridine rings is 1. The predicted octanol–water partition coefficient (Wildman–Crippen LogP) is 5.39. The van der Waals surface area contributed by atoms with Crippen LogP contribution in [0.15, 0.2) is 42.6 Å². The number of hydrogen-bond acceptors (Lipinski definition) is 3. The number of hydrogen-bond donors (Lipinski definition) is 1. The maximum absolute atomic E-state index is 6.17. The summed E-state index contributed by atoms with van der Waals surface area (Å²) in [4.78, 5) is 4.69. The van der Waals surface area contributed by atoms with Crippen LogP contribution in [-0.4, -0.2) is 30.1 Å². The first-order valence-electron chi connectivity index (χ1n) is 9.30. The van der Waals surface area contributed by atoms with Crippen molar-refractivity contribution in [1.82, 2.24) is 15.2 Å². The molecular formula is C22H27N3OSi. The van der Waals surface area contributed by atoms with Crippen molar-refractivity contribution in [2.75, 3.05) is 6.61 Å². The molecule has 140 valence electrons. The summed E-state index contributed by atoms with van der Waals surface area (Å²) in [6, 6.07) is 12.2. The molecule has 1 aromatic carbocycles. The molecular weight excluding hydrogens is 350 g/mol. The molecule has 27 heavy (non-hydrogen) atoms. The van der Waals surface area contributed by atoms with Gasteiger partial charge in [0.1, 0.15) is 5.69 Å². The highest BCUT2D eigenvalue weighted by molar-refractivity contribution is 6.74. The summed E-state index contributed by atoms with van der Waals surface area (Å²) < 4.78 is 6.17. The van der Waals surface area contributed by atoms with Gasteiger partial charge in [-0.2, -0.15) is 5.10 Å². The summed E-state index contributed by atoms with van der Waals surface area (Å²) in [7, 11) is -1.70. The van der Waals surface area contributed by atoms with Gasteiger partial charge < -0.3 is 4.43 Å². The van der Waals surface area contributed by atoms with Crippen LogP contribution in [0.1, 0.15) is 32.9 Å². The zero-order valence-corrected chi connectivity index (χ0v) is 17.8. The van der Waals surface area contributed by atoms with Crippen LogP contribution >= 0.6 is 0 Å². The Morgan fingerprint density at radius 1 is 1.11 bits per heavy atom. The van der Waals surface area contributed by atoms with E-state index in [1.165, 1.54) is 0 Å². The second-order valence-corrected chi connectivity index (χ2v) is 13.0. The average molecular weight is 378 g/mol. The van der Waals surface area contributed by atoms with Gasteiger partial charge in [0.15, 0.2) is 8.32 Å². The smallest absolute Gasteiger partial charge is 0.192 e. The van der Waals surface area contributed by atoms with Gasteiger partial charge in [0, 0.05) is 30.2 Å². The van der Waals surface area contributed by atoms with Crippen molar-refractivity contribution in [3.63, 3.8) is 0 Å². The van der Waals surface area contributed by atoms with E-state index in [-0.39, 0.29) is 5.04 Å². The molecule has 0 saturated heterocycles. The van der Waals surface area contributed by atoms with Crippen molar-refractivity contribution >= 4 is 19.2 Å². The van der Waals surface area contributed by atoms with Gasteiger partial charge in [0.2, 0.25) is 0 Å². The molecule has 5 heteroatoms. The maximum Gasteiger partial charge on any atom is 0.192 e. The van der Waals surface area contributed by atoms with Crippen LogP contribution in [0.2, 0.25) is 18.1 Å². The van der Waals surface area contributed by atoms with Crippen LogP contribution in [0.25, 0.3) is 22.2 Å². The molecule has 0 aliphatic rings. The molecule has 0 aliphatic heterocycles. The van der Waals surface area contributed by atoms with Gasteiger partial charge in [-0.15, -0.1) is 0 Å². The van der Waals surface area contributed by atoms with Crippen LogP contribution in [0.4, 0.5) is 0 Å². The topological polar surface area (TPSA) is 50.8 Å². The van der Waals surface area contributed by atoms with Gasteiger partial charge in [-0.3, -0.25) is 5.10 Å². The Hall–Kier alpha value is -2.42. The SMILES string of the molecule is CC(C)(C)[Si](C)(C)OCCC#Cc1ccc2ccc(-c3cc[nH]n3)cc2n1. The van der Waals surface area contributed by atoms with Crippen molar-refractivity contribution in [2.45, 2.75) is 45.3 Å². The fraction of sp³-hybridized carbons (Fsp3) is 0.364. The quantitative estimate of drug-likeness (QED) is 0.377. The molecule has 0 saturated carbocycles. The van der Waals surface area contributed by atoms with E-state index in [0.29, 0.717) is 6.61 Å². The Bertz CT molecular complexity index is 976. The molecule has 0 amide bonds. The maximum atomic E-state index is 6.17. The van der Waals surface area contributed by atoms with Crippen molar-refractivity contribution in [1.29, 1.82) is 0 Å². The highest BCUT2D eigenvalue weighted by atomic mass is 28.4. The first-order valence-corrected chi connectivity index (χ1v) is 12.2. The monoisotopic (exact) mass is 377 g/mol. The average Bonchev–Trinajstić information content (AvgIpc) is 3.14. The minimum Gasteiger partial charge on any atom is -0.416 e. The highest BCUT2D eigenvalue weighted by Crippen LogP contribution is 2.36. The number of aromatic nitrogens is 3. The molecule has 0 atom stereocenters. The molecule has 0 radical (unpaired) electrons. The number of fused-ring (bicyclic) bond motifs is 1. The number of H-pyrrole nitrogens is 1. The summed E-state index contributed by atoms with van der Waals surface area (Å²) in [6.07, 6.45) is 2.54. The van der Waals surface area contributed by atoms with Crippen molar-refractivity contribution in [2.24, 2.45) is 0 Å². The Balaban J connectivity index is 1.68. The molecule has 0 aliphatic carbocycles. The Morgan fingerprint density at radius 3 is 2.59 bits per heavy atom. The van der Waals surface area contributed by atoms with Crippen molar-refractivity contribution in [3.05, 3.63) is 48.3 Å². The van der Waals surface area contributed by atoms with E-state index >= 15 is 0 Å². The third kappa shape index (κ3) is 4.65. The zero-order chi connectivity index (χ0) is 19.5. The van der Waals surface area contributed by atoms with E-state index in [1.54, 1.807) is 0 Å². The molecule has 0 unspecified atom stereocenters. The molecule has 0 bridgehead atoms. The minimum atomic E-state index is -1.70. The number of rotatable bonds is 4. The number of aromatic amines is 1. The van der Waals surface area contributed by atoms with Crippen LogP contribution in [0.3, 0.4) is 0 Å². The van der Waals surface area contributed by atoms with Crippen LogP contribution in [0, 0.1) is 11.8 Å². The van der Waals surface area contributed by atoms with Gasteiger partial charge in [-0.1, -0.05) is 44.9 Å². The third-order valence-corrected chi connectivity index (χ3v) is 9.74. The fourth-order valence-electron chi connectivity index (χ4n) is 2.49. The Kier molecular flexibility index (Phi) is 5.50. The van der Waals surface area contributed by atoms with E-state index in [4.69, 9.17) is 4.43 Å². The van der Waals surface area contributed by atoms with Gasteiger partial charge in [-0.05, 0) is 42.3 Å². The minimum absolute atomic E-state index is 0.229. The van der Waals surface area contributed by atoms with E-state index in [0.717, 1.165) is 34.3 Å². The predicted molar refractivity (Wildman–Crippen MR) is 114 cm³/mol. The molecule has 1 N–H and O–H groups in total. The second-order valence-electron chi connectivity index (χ2n) is 8.22. The second kappa shape index (κ2) is 7.67. The summed E-state index contributed by atoms with van der Waals surface area (Å²) in [6.45, 7) is 12.0. The Morgan fingerprint density at radius 2 is 1.89 bits per heavy atom. The lowest BCUT2D eigenvalue weighted by atomic mass is 10.1. The number of nitrogens with zero attached hydrogens (tertiary/aromatic N) is 2. The zero-order valence-electron chi connectivity index (χ0n) is 16.8.